The largest absolute Gasteiger partial charge is 0.481 e. The molecule has 2 N–H and O–H groups in total. The number of nitrogens with one attached hydrogen (secondary N) is 1. The van der Waals surface area contributed by atoms with Crippen molar-refractivity contribution in [3.63, 3.8) is 0 Å². The van der Waals surface area contributed by atoms with Crippen molar-refractivity contribution in [2.75, 3.05) is 0 Å². The Morgan fingerprint density at radius 1 is 1.38 bits per heavy atom. The molecule has 0 radical (unpaired) electrons. The van der Waals surface area contributed by atoms with Gasteiger partial charge in [-0.05, 0) is 27.9 Å². The Morgan fingerprint density at radius 2 is 1.95 bits per heavy atom. The minimum Gasteiger partial charge on any atom is -0.481 e. The molecular weight excluding hydrogens is 372 g/mol. The Hall–Kier alpha value is -1.06. The first-order valence-electron chi connectivity index (χ1n) is 5.93. The van der Waals surface area contributed by atoms with Crippen LogP contribution in [0.2, 0.25) is 0 Å². The van der Waals surface area contributed by atoms with Gasteiger partial charge in [0, 0.05) is 16.6 Å². The van der Waals surface area contributed by atoms with Crippen molar-refractivity contribution in [1.82, 2.24) is 4.72 Å². The predicted octanol–water partition coefficient (Wildman–Crippen LogP) is 2.50. The van der Waals surface area contributed by atoms with E-state index in [-0.39, 0.29) is 10.4 Å². The summed E-state index contributed by atoms with van der Waals surface area (Å²) in [6, 6.07) is 0.351. The second kappa shape index (κ2) is 6.80. The summed E-state index contributed by atoms with van der Waals surface area (Å²) in [5.41, 5.74) is 0. The summed E-state index contributed by atoms with van der Waals surface area (Å²) in [5, 5.41) is 8.78. The summed E-state index contributed by atoms with van der Waals surface area (Å²) in [4.78, 5) is 10.00. The van der Waals surface area contributed by atoms with Gasteiger partial charge in [-0.1, -0.05) is 13.8 Å². The van der Waals surface area contributed by atoms with Crippen LogP contribution in [0, 0.1) is 17.6 Å². The fourth-order valence-corrected chi connectivity index (χ4v) is 4.20. The Labute approximate surface area is 129 Å². The van der Waals surface area contributed by atoms with Crippen LogP contribution in [0.3, 0.4) is 0 Å². The lowest BCUT2D eigenvalue weighted by molar-refractivity contribution is -0.137. The van der Waals surface area contributed by atoms with E-state index < -0.39 is 45.0 Å². The average Bonchev–Trinajstić information content (AvgIpc) is 2.24. The number of carboxylic acids is 1. The lowest BCUT2D eigenvalue weighted by atomic mass is 10.0. The molecule has 1 rings (SSSR count). The fraction of sp³-hybridized carbons (Fsp3) is 0.417. The first-order valence-corrected chi connectivity index (χ1v) is 8.21. The number of carbonyl (C=O) groups is 1. The normalized spacial score (nSPS) is 13.4. The van der Waals surface area contributed by atoms with Crippen LogP contribution in [-0.2, 0) is 14.8 Å². The first-order chi connectivity index (χ1) is 9.54. The van der Waals surface area contributed by atoms with Gasteiger partial charge in [0.25, 0.3) is 0 Å². The van der Waals surface area contributed by atoms with Gasteiger partial charge in [-0.15, -0.1) is 0 Å². The van der Waals surface area contributed by atoms with E-state index in [0.717, 1.165) is 6.07 Å². The van der Waals surface area contributed by atoms with Gasteiger partial charge in [-0.25, -0.2) is 21.9 Å². The van der Waals surface area contributed by atoms with Crippen LogP contribution in [0.15, 0.2) is 21.5 Å². The SMILES string of the molecule is CC(C)C(CC(=O)O)NS(=O)(=O)c1c(F)cc(F)cc1Br. The molecule has 118 valence electrons. The van der Waals surface area contributed by atoms with Crippen LogP contribution < -0.4 is 4.72 Å². The summed E-state index contributed by atoms with van der Waals surface area (Å²) in [5.74, 6) is -3.69. The number of carboxylic acid groups (broad SMARTS) is 1. The standard InChI is InChI=1S/C12H14BrF2NO4S/c1-6(2)10(5-11(17)18)16-21(19,20)12-8(13)3-7(14)4-9(12)15/h3-4,6,10,16H,5H2,1-2H3,(H,17,18). The highest BCUT2D eigenvalue weighted by atomic mass is 79.9. The smallest absolute Gasteiger partial charge is 0.304 e. The molecule has 1 aromatic carbocycles. The number of hydrogen-bond donors (Lipinski definition) is 2. The zero-order chi connectivity index (χ0) is 16.4. The summed E-state index contributed by atoms with van der Waals surface area (Å²) >= 11 is 2.80. The number of sulfonamides is 1. The van der Waals surface area contributed by atoms with Crippen molar-refractivity contribution in [2.24, 2.45) is 5.92 Å². The van der Waals surface area contributed by atoms with Crippen molar-refractivity contribution >= 4 is 31.9 Å². The molecule has 0 aliphatic carbocycles. The Morgan fingerprint density at radius 3 is 2.38 bits per heavy atom. The van der Waals surface area contributed by atoms with E-state index >= 15 is 0 Å². The Bertz CT molecular complexity index is 626. The van der Waals surface area contributed by atoms with E-state index in [0.29, 0.717) is 6.07 Å². The number of hydrogen-bond acceptors (Lipinski definition) is 3. The third-order valence-corrected chi connectivity index (χ3v) is 5.19. The number of benzene rings is 1. The molecule has 1 atom stereocenters. The number of rotatable bonds is 6. The highest BCUT2D eigenvalue weighted by Gasteiger charge is 2.29. The minimum atomic E-state index is -4.33. The molecule has 0 aliphatic rings. The molecule has 0 fully saturated rings. The van der Waals surface area contributed by atoms with E-state index in [4.69, 9.17) is 5.11 Å². The highest BCUT2D eigenvalue weighted by Crippen LogP contribution is 2.27. The summed E-state index contributed by atoms with van der Waals surface area (Å²) in [7, 11) is -4.33. The van der Waals surface area contributed by atoms with Gasteiger partial charge in [0.2, 0.25) is 10.0 Å². The van der Waals surface area contributed by atoms with Crippen LogP contribution in [0.25, 0.3) is 0 Å². The van der Waals surface area contributed by atoms with Crippen molar-refractivity contribution in [3.05, 3.63) is 28.2 Å². The fourth-order valence-electron chi connectivity index (χ4n) is 1.65. The quantitative estimate of drug-likeness (QED) is 0.787. The Balaban J connectivity index is 3.20. The van der Waals surface area contributed by atoms with Crippen LogP contribution in [0.5, 0.6) is 0 Å². The van der Waals surface area contributed by atoms with Crippen molar-refractivity contribution in [2.45, 2.75) is 31.2 Å². The molecule has 1 unspecified atom stereocenters. The molecular formula is C12H14BrF2NO4S. The zero-order valence-corrected chi connectivity index (χ0v) is 13.6. The highest BCUT2D eigenvalue weighted by molar-refractivity contribution is 9.10. The van der Waals surface area contributed by atoms with E-state index in [1.165, 1.54) is 0 Å². The maximum absolute atomic E-state index is 13.7. The average molecular weight is 386 g/mol. The summed E-state index contributed by atoms with van der Waals surface area (Å²) in [6.45, 7) is 3.26. The molecule has 0 bridgehead atoms. The lowest BCUT2D eigenvalue weighted by Crippen LogP contribution is -2.40. The van der Waals surface area contributed by atoms with E-state index in [2.05, 4.69) is 20.7 Å². The molecule has 5 nitrogen and oxygen atoms in total. The predicted molar refractivity (Wildman–Crippen MR) is 75.3 cm³/mol. The summed E-state index contributed by atoms with van der Waals surface area (Å²) in [6.07, 6.45) is -0.447. The summed E-state index contributed by atoms with van der Waals surface area (Å²) < 4.78 is 52.9. The van der Waals surface area contributed by atoms with Crippen LogP contribution in [-0.4, -0.2) is 25.5 Å². The van der Waals surface area contributed by atoms with E-state index in [1.807, 2.05) is 0 Å². The van der Waals surface area contributed by atoms with E-state index in [9.17, 15) is 22.0 Å². The lowest BCUT2D eigenvalue weighted by Gasteiger charge is -2.21. The minimum absolute atomic E-state index is 0.273. The van der Waals surface area contributed by atoms with E-state index in [1.54, 1.807) is 13.8 Å². The molecule has 0 saturated heterocycles. The number of halogens is 3. The van der Waals surface area contributed by atoms with Crippen LogP contribution in [0.1, 0.15) is 20.3 Å². The Kier molecular flexibility index (Phi) is 5.83. The van der Waals surface area contributed by atoms with Crippen molar-refractivity contribution in [1.29, 1.82) is 0 Å². The van der Waals surface area contributed by atoms with Gasteiger partial charge in [-0.3, -0.25) is 4.79 Å². The second-order valence-electron chi connectivity index (χ2n) is 4.77. The zero-order valence-electron chi connectivity index (χ0n) is 11.2. The maximum atomic E-state index is 13.7. The third-order valence-electron chi connectivity index (χ3n) is 2.74. The molecule has 0 heterocycles. The molecule has 0 saturated carbocycles. The third kappa shape index (κ3) is 4.72. The molecule has 0 aromatic heterocycles. The first kappa shape index (κ1) is 18.0. The second-order valence-corrected chi connectivity index (χ2v) is 7.27. The molecule has 21 heavy (non-hydrogen) atoms. The molecule has 0 aliphatic heterocycles. The maximum Gasteiger partial charge on any atom is 0.304 e. The molecule has 9 heteroatoms. The van der Waals surface area contributed by atoms with Gasteiger partial charge >= 0.3 is 5.97 Å². The van der Waals surface area contributed by atoms with Gasteiger partial charge in [0.05, 0.1) is 6.42 Å². The van der Waals surface area contributed by atoms with Gasteiger partial charge in [0.1, 0.15) is 16.5 Å². The van der Waals surface area contributed by atoms with Crippen LogP contribution in [0.4, 0.5) is 8.78 Å². The molecule has 1 aromatic rings. The van der Waals surface area contributed by atoms with Gasteiger partial charge in [-0.2, -0.15) is 0 Å². The molecule has 0 spiro atoms. The van der Waals surface area contributed by atoms with Crippen LogP contribution >= 0.6 is 15.9 Å². The monoisotopic (exact) mass is 385 g/mol. The molecule has 0 amide bonds. The number of aliphatic carboxylic acids is 1. The topological polar surface area (TPSA) is 83.5 Å². The van der Waals surface area contributed by atoms with Gasteiger partial charge in [0.15, 0.2) is 0 Å². The van der Waals surface area contributed by atoms with Crippen molar-refractivity contribution in [3.8, 4) is 0 Å². The van der Waals surface area contributed by atoms with Crippen molar-refractivity contribution < 1.29 is 27.1 Å². The van der Waals surface area contributed by atoms with Gasteiger partial charge < -0.3 is 5.11 Å².